The van der Waals surface area contributed by atoms with Gasteiger partial charge in [0.25, 0.3) is 5.56 Å². The molecule has 0 amide bonds. The van der Waals surface area contributed by atoms with Gasteiger partial charge in [-0.15, -0.1) is 0 Å². The molecular formula is C22H25N3O13P2. The zero-order valence-electron chi connectivity index (χ0n) is 20.7. The predicted octanol–water partition coefficient (Wildman–Crippen LogP) is -0.0256. The highest BCUT2D eigenvalue weighted by Gasteiger charge is 2.46. The van der Waals surface area contributed by atoms with Crippen molar-refractivity contribution in [2.45, 2.75) is 31.1 Å². The Labute approximate surface area is 225 Å². The molecule has 1 aliphatic heterocycles. The lowest BCUT2D eigenvalue weighted by atomic mass is 10.1. The molecule has 0 radical (unpaired) electrons. The summed E-state index contributed by atoms with van der Waals surface area (Å²) in [6.07, 6.45) is -4.04. The van der Waals surface area contributed by atoms with E-state index < -0.39 is 58.0 Å². The Hall–Kier alpha value is -3.01. The van der Waals surface area contributed by atoms with Gasteiger partial charge < -0.3 is 34.4 Å². The van der Waals surface area contributed by atoms with E-state index >= 15 is 0 Å². The number of aromatic nitrogens is 3. The van der Waals surface area contributed by atoms with E-state index in [2.05, 4.69) is 13.8 Å². The van der Waals surface area contributed by atoms with Crippen molar-refractivity contribution in [3.63, 3.8) is 0 Å². The number of phosphoric ester groups is 1. The smallest absolute Gasteiger partial charge is 0.481 e. The summed E-state index contributed by atoms with van der Waals surface area (Å²) in [5.74, 6) is 0.634. The third-order valence-corrected chi connectivity index (χ3v) is 8.01. The maximum Gasteiger partial charge on any atom is 0.481 e. The molecule has 18 heteroatoms. The quantitative estimate of drug-likeness (QED) is 0.192. The van der Waals surface area contributed by atoms with Gasteiger partial charge >= 0.3 is 21.3 Å². The fraction of sp³-hybridized carbons (Fsp3) is 0.318. The van der Waals surface area contributed by atoms with Gasteiger partial charge in [-0.25, -0.2) is 13.9 Å². The number of phosphoric acid groups is 2. The Kier molecular flexibility index (Phi) is 8.87. The van der Waals surface area contributed by atoms with E-state index in [4.69, 9.17) is 19.3 Å². The summed E-state index contributed by atoms with van der Waals surface area (Å²) in [6, 6.07) is 11.7. The summed E-state index contributed by atoms with van der Waals surface area (Å²) in [5, 5.41) is 20.8. The lowest BCUT2D eigenvalue weighted by Crippen LogP contribution is -2.43. The van der Waals surface area contributed by atoms with E-state index in [9.17, 15) is 33.8 Å². The predicted molar refractivity (Wildman–Crippen MR) is 135 cm³/mol. The summed E-state index contributed by atoms with van der Waals surface area (Å²) in [5.41, 5.74) is 0.317. The molecule has 0 bridgehead atoms. The maximum absolute atomic E-state index is 13.2. The largest absolute Gasteiger partial charge is 0.497 e. The Morgan fingerprint density at radius 1 is 1.02 bits per heavy atom. The molecule has 40 heavy (non-hydrogen) atoms. The third-order valence-electron chi connectivity index (χ3n) is 5.86. The molecule has 216 valence electrons. The van der Waals surface area contributed by atoms with Gasteiger partial charge in [-0.3, -0.25) is 23.4 Å². The standard InChI is InChI=1S/C22H25N3O13P2/c1-35-16-4-2-3-13(10-16)14-5-7-23-15(9-14)11-25-18(26)6-8-24(22(25)29)21-20(28)19(27)17(37-21)12-36-40(33,34)38-39(30,31)32/h2-10,17,19-21,27-28H,11-12H2,1H3,(H,33,34)(H2,30,31,32)/t17-,19?,20?,21-/m1/s1. The first kappa shape index (κ1) is 30.0. The van der Waals surface area contributed by atoms with Crippen molar-refractivity contribution in [1.82, 2.24) is 14.1 Å². The molecule has 16 nitrogen and oxygen atoms in total. The van der Waals surface area contributed by atoms with Crippen LogP contribution >= 0.6 is 15.6 Å². The number of ether oxygens (including phenoxy) is 2. The van der Waals surface area contributed by atoms with Gasteiger partial charge in [0.2, 0.25) is 0 Å². The number of hydrogen-bond acceptors (Lipinski definition) is 11. The Bertz CT molecular complexity index is 1590. The molecule has 1 aromatic carbocycles. The first-order chi connectivity index (χ1) is 18.8. The van der Waals surface area contributed by atoms with Gasteiger partial charge in [0, 0.05) is 18.5 Å². The fourth-order valence-corrected chi connectivity index (χ4v) is 5.60. The number of methoxy groups -OCH3 is 1. The first-order valence-electron chi connectivity index (χ1n) is 11.4. The van der Waals surface area contributed by atoms with Gasteiger partial charge in [0.05, 0.1) is 26.0 Å². The van der Waals surface area contributed by atoms with Crippen molar-refractivity contribution in [2.24, 2.45) is 0 Å². The highest BCUT2D eigenvalue weighted by Crippen LogP contribution is 2.57. The zero-order valence-corrected chi connectivity index (χ0v) is 22.4. The van der Waals surface area contributed by atoms with Gasteiger partial charge in [-0.05, 0) is 35.4 Å². The summed E-state index contributed by atoms with van der Waals surface area (Å²) in [6.45, 7) is -1.19. The topological polar surface area (TPSA) is 229 Å². The third kappa shape index (κ3) is 7.00. The van der Waals surface area contributed by atoms with Crippen LogP contribution in [0.3, 0.4) is 0 Å². The number of hydrogen-bond donors (Lipinski definition) is 5. The highest BCUT2D eigenvalue weighted by atomic mass is 31.3. The van der Waals surface area contributed by atoms with Crippen LogP contribution in [0.1, 0.15) is 11.9 Å². The second-order valence-corrected chi connectivity index (χ2v) is 11.4. The SMILES string of the molecule is COc1cccc(-c2ccnc(Cn3c(=O)ccn([C@@H]4O[C@H](COP(=O)(O)OP(=O)(O)O)C(O)C4O)c3=O)c2)c1. The lowest BCUT2D eigenvalue weighted by molar-refractivity contribution is -0.0547. The van der Waals surface area contributed by atoms with Crippen LogP contribution in [0.25, 0.3) is 11.1 Å². The van der Waals surface area contributed by atoms with Crippen LogP contribution in [0, 0.1) is 0 Å². The number of nitrogens with zero attached hydrogens (tertiary/aromatic N) is 3. The molecule has 1 saturated heterocycles. The van der Waals surface area contributed by atoms with Crippen molar-refractivity contribution in [3.8, 4) is 16.9 Å². The zero-order chi connectivity index (χ0) is 29.2. The van der Waals surface area contributed by atoms with Crippen LogP contribution in [-0.2, 0) is 29.2 Å². The molecule has 5 N–H and O–H groups in total. The van der Waals surface area contributed by atoms with E-state index in [1.807, 2.05) is 6.07 Å². The van der Waals surface area contributed by atoms with Crippen LogP contribution < -0.4 is 16.0 Å². The van der Waals surface area contributed by atoms with Crippen molar-refractivity contribution in [3.05, 3.63) is 81.4 Å². The number of benzene rings is 1. The van der Waals surface area contributed by atoms with E-state index in [0.29, 0.717) is 11.4 Å². The summed E-state index contributed by atoms with van der Waals surface area (Å²) >= 11 is 0. The first-order valence-corrected chi connectivity index (χ1v) is 14.5. The van der Waals surface area contributed by atoms with E-state index in [-0.39, 0.29) is 6.54 Å². The number of pyridine rings is 1. The van der Waals surface area contributed by atoms with Crippen molar-refractivity contribution >= 4 is 15.6 Å². The molecule has 0 spiro atoms. The molecular weight excluding hydrogens is 576 g/mol. The number of aliphatic hydroxyl groups excluding tert-OH is 2. The van der Waals surface area contributed by atoms with Crippen molar-refractivity contribution in [1.29, 1.82) is 0 Å². The minimum absolute atomic E-state index is 0.248. The molecule has 3 aromatic rings. The van der Waals surface area contributed by atoms with E-state index in [1.54, 1.807) is 30.3 Å². The van der Waals surface area contributed by atoms with Crippen LogP contribution in [0.5, 0.6) is 5.75 Å². The molecule has 0 aliphatic carbocycles. The Morgan fingerprint density at radius 3 is 2.45 bits per heavy atom. The van der Waals surface area contributed by atoms with Crippen LogP contribution in [0.4, 0.5) is 0 Å². The van der Waals surface area contributed by atoms with E-state index in [0.717, 1.165) is 32.5 Å². The van der Waals surface area contributed by atoms with Crippen molar-refractivity contribution in [2.75, 3.05) is 13.7 Å². The number of rotatable bonds is 10. The van der Waals surface area contributed by atoms with Gasteiger partial charge in [-0.1, -0.05) is 12.1 Å². The molecule has 3 unspecified atom stereocenters. The Balaban J connectivity index is 1.55. The molecule has 3 heterocycles. The second kappa shape index (κ2) is 11.8. The molecule has 1 fully saturated rings. The van der Waals surface area contributed by atoms with Crippen molar-refractivity contribution < 1.29 is 52.3 Å². The van der Waals surface area contributed by atoms with Crippen LogP contribution in [-0.4, -0.2) is 71.0 Å². The monoisotopic (exact) mass is 601 g/mol. The minimum Gasteiger partial charge on any atom is -0.497 e. The normalized spacial score (nSPS) is 22.6. The van der Waals surface area contributed by atoms with Crippen LogP contribution in [0.2, 0.25) is 0 Å². The molecule has 1 aliphatic rings. The average Bonchev–Trinajstić information content (AvgIpc) is 3.17. The molecule has 5 atom stereocenters. The summed E-state index contributed by atoms with van der Waals surface area (Å²) in [7, 11) is -9.11. The van der Waals surface area contributed by atoms with Gasteiger partial charge in [0.1, 0.15) is 24.1 Å². The Morgan fingerprint density at radius 2 is 1.75 bits per heavy atom. The highest BCUT2D eigenvalue weighted by molar-refractivity contribution is 7.60. The lowest BCUT2D eigenvalue weighted by Gasteiger charge is -2.19. The molecule has 0 saturated carbocycles. The maximum atomic E-state index is 13.2. The summed E-state index contributed by atoms with van der Waals surface area (Å²) < 4.78 is 43.0. The number of aliphatic hydroxyl groups is 2. The second-order valence-electron chi connectivity index (χ2n) is 8.58. The van der Waals surface area contributed by atoms with Gasteiger partial charge in [0.15, 0.2) is 6.23 Å². The van der Waals surface area contributed by atoms with Crippen LogP contribution in [0.15, 0.2) is 64.4 Å². The minimum atomic E-state index is -5.39. The summed E-state index contributed by atoms with van der Waals surface area (Å²) in [4.78, 5) is 56.9. The molecule has 2 aromatic heterocycles. The van der Waals surface area contributed by atoms with E-state index in [1.165, 1.54) is 13.3 Å². The fourth-order valence-electron chi connectivity index (χ4n) is 4.00. The molecule has 4 rings (SSSR count). The average molecular weight is 601 g/mol. The van der Waals surface area contributed by atoms with Gasteiger partial charge in [-0.2, -0.15) is 4.31 Å².